The standard InChI is InChI=1S/C10H12O.C10H14O.C6H12O.C5H13N.2C2H6/c1-4-6-8-10(7-5-2)9(3)11;1-4-7-9(8-5-2)10(11)6-3;1-4-6(7)5(2)3;1-4-6-5(2)3;2*1-2/h4-8H,1-2H2,3H3;4-5,7-8H,1,6H2,2-3H3;5H,4H2,1-3H3;5-6H,4H2,1-3H3;2*1-2H3/b8-6-,10-7+;8-5-,9-7+;;;;. The van der Waals surface area contributed by atoms with Gasteiger partial charge in [0.2, 0.25) is 0 Å². The normalized spacial score (nSPS) is 10.2. The van der Waals surface area contributed by atoms with E-state index >= 15 is 0 Å². The molecule has 0 radical (unpaired) electrons. The molecule has 0 aromatic heterocycles. The summed E-state index contributed by atoms with van der Waals surface area (Å²) in [7, 11) is 0. The number of Topliss-reactive ketones (excluding diaryl/α,β-unsaturated/α-hetero) is 3. The molecular weight excluding hydrogens is 482 g/mol. The van der Waals surface area contributed by atoms with Crippen LogP contribution in [-0.2, 0) is 14.4 Å². The van der Waals surface area contributed by atoms with Crippen molar-refractivity contribution in [1.29, 1.82) is 0 Å². The second-order valence-electron chi connectivity index (χ2n) is 7.83. The Morgan fingerprint density at radius 2 is 1.21 bits per heavy atom. The van der Waals surface area contributed by atoms with E-state index in [1.807, 2.05) is 68.4 Å². The molecule has 0 bridgehead atoms. The van der Waals surface area contributed by atoms with Gasteiger partial charge in [-0.1, -0.05) is 151 Å². The fourth-order valence-electron chi connectivity index (χ4n) is 2.16. The van der Waals surface area contributed by atoms with E-state index in [0.717, 1.165) is 12.1 Å². The molecule has 0 aliphatic heterocycles. The van der Waals surface area contributed by atoms with Crippen LogP contribution in [0.15, 0.2) is 85.6 Å². The lowest BCUT2D eigenvalue weighted by Crippen LogP contribution is -2.21. The van der Waals surface area contributed by atoms with Crippen LogP contribution >= 0.6 is 0 Å². The molecule has 0 unspecified atom stereocenters. The highest BCUT2D eigenvalue weighted by Gasteiger charge is 2.01. The summed E-state index contributed by atoms with van der Waals surface area (Å²) >= 11 is 0. The van der Waals surface area contributed by atoms with Gasteiger partial charge < -0.3 is 5.32 Å². The first-order valence-electron chi connectivity index (χ1n) is 14.3. The third kappa shape index (κ3) is 45.5. The predicted octanol–water partition coefficient (Wildman–Crippen LogP) is 9.76. The van der Waals surface area contributed by atoms with Gasteiger partial charge in [0.1, 0.15) is 5.78 Å². The van der Waals surface area contributed by atoms with Gasteiger partial charge in [0, 0.05) is 35.9 Å². The number of ketones is 3. The molecule has 0 spiro atoms. The van der Waals surface area contributed by atoms with Crippen LogP contribution in [-0.4, -0.2) is 29.9 Å². The van der Waals surface area contributed by atoms with E-state index in [0.29, 0.717) is 30.2 Å². The number of carbonyl (C=O) groups is 3. The van der Waals surface area contributed by atoms with Gasteiger partial charge in [-0.05, 0) is 20.4 Å². The third-order valence-electron chi connectivity index (χ3n) is 4.01. The van der Waals surface area contributed by atoms with E-state index in [1.54, 1.807) is 48.6 Å². The maximum absolute atomic E-state index is 11.1. The van der Waals surface area contributed by atoms with Gasteiger partial charge in [0.25, 0.3) is 0 Å². The molecule has 0 atom stereocenters. The van der Waals surface area contributed by atoms with Crippen LogP contribution < -0.4 is 5.32 Å². The first-order valence-corrected chi connectivity index (χ1v) is 14.3. The van der Waals surface area contributed by atoms with Crippen molar-refractivity contribution in [3.63, 3.8) is 0 Å². The molecule has 0 rings (SSSR count). The molecule has 0 aliphatic rings. The number of hydrogen-bond donors (Lipinski definition) is 1. The van der Waals surface area contributed by atoms with Gasteiger partial charge in [0.05, 0.1) is 0 Å². The minimum atomic E-state index is 0.0306. The predicted molar refractivity (Wildman–Crippen MR) is 178 cm³/mol. The maximum atomic E-state index is 11.1. The molecule has 4 nitrogen and oxygen atoms in total. The van der Waals surface area contributed by atoms with Crippen molar-refractivity contribution in [1.82, 2.24) is 5.32 Å². The summed E-state index contributed by atoms with van der Waals surface area (Å²) in [6.07, 6.45) is 16.5. The van der Waals surface area contributed by atoms with Gasteiger partial charge in [0.15, 0.2) is 11.6 Å². The van der Waals surface area contributed by atoms with Crippen LogP contribution in [0, 0.1) is 5.92 Å². The largest absolute Gasteiger partial charge is 0.315 e. The Bertz CT molecular complexity index is 721. The zero-order valence-corrected chi connectivity index (χ0v) is 27.8. The smallest absolute Gasteiger partial charge is 0.162 e. The Hall–Kier alpha value is -2.85. The molecular formula is C35H63NO3. The van der Waals surface area contributed by atoms with Crippen molar-refractivity contribution in [3.05, 3.63) is 85.6 Å². The summed E-state index contributed by atoms with van der Waals surface area (Å²) in [6.45, 7) is 37.0. The number of rotatable bonds is 12. The number of carbonyl (C=O) groups excluding carboxylic acids is 3. The molecule has 0 heterocycles. The Morgan fingerprint density at radius 1 is 0.744 bits per heavy atom. The average molecular weight is 546 g/mol. The van der Waals surface area contributed by atoms with Crippen molar-refractivity contribution in [2.75, 3.05) is 6.54 Å². The van der Waals surface area contributed by atoms with Gasteiger partial charge in [-0.2, -0.15) is 0 Å². The Morgan fingerprint density at radius 3 is 1.41 bits per heavy atom. The Balaban J connectivity index is -0.0000000914. The first-order chi connectivity index (χ1) is 18.4. The molecule has 0 amide bonds. The lowest BCUT2D eigenvalue weighted by atomic mass is 10.1. The van der Waals surface area contributed by atoms with E-state index < -0.39 is 0 Å². The molecule has 0 aromatic carbocycles. The highest BCUT2D eigenvalue weighted by atomic mass is 16.1. The van der Waals surface area contributed by atoms with Gasteiger partial charge >= 0.3 is 0 Å². The number of nitrogens with one attached hydrogen (secondary N) is 1. The van der Waals surface area contributed by atoms with Crippen molar-refractivity contribution < 1.29 is 14.4 Å². The summed E-state index contributed by atoms with van der Waals surface area (Å²) in [5.74, 6) is 0.760. The topological polar surface area (TPSA) is 63.2 Å². The van der Waals surface area contributed by atoms with Crippen LogP contribution in [0.2, 0.25) is 0 Å². The van der Waals surface area contributed by atoms with Crippen molar-refractivity contribution in [3.8, 4) is 0 Å². The van der Waals surface area contributed by atoms with Crippen LogP contribution in [0.25, 0.3) is 0 Å². The third-order valence-corrected chi connectivity index (χ3v) is 4.01. The van der Waals surface area contributed by atoms with E-state index in [2.05, 4.69) is 45.8 Å². The highest BCUT2D eigenvalue weighted by Crippen LogP contribution is 2.02. The number of hydrogen-bond acceptors (Lipinski definition) is 4. The maximum Gasteiger partial charge on any atom is 0.162 e. The zero-order valence-electron chi connectivity index (χ0n) is 27.8. The Labute approximate surface area is 243 Å². The molecule has 226 valence electrons. The van der Waals surface area contributed by atoms with Gasteiger partial charge in [-0.25, -0.2) is 0 Å². The van der Waals surface area contributed by atoms with E-state index in [1.165, 1.54) is 6.92 Å². The molecule has 0 aromatic rings. The minimum absolute atomic E-state index is 0.0306. The van der Waals surface area contributed by atoms with Crippen LogP contribution in [0.3, 0.4) is 0 Å². The van der Waals surface area contributed by atoms with E-state index in [4.69, 9.17) is 0 Å². The molecule has 0 fully saturated rings. The SMILES string of the molecule is C=C/C=C(\C=C/C)C(=O)CC.C=C/C=C\C(=C/C=C)C(C)=O.CC.CC.CCC(=O)C(C)C.CCNC(C)C. The molecule has 0 saturated carbocycles. The van der Waals surface area contributed by atoms with Crippen molar-refractivity contribution >= 4 is 17.3 Å². The fourth-order valence-corrected chi connectivity index (χ4v) is 2.16. The van der Waals surface area contributed by atoms with Crippen LogP contribution in [0.1, 0.15) is 103 Å². The second-order valence-corrected chi connectivity index (χ2v) is 7.83. The van der Waals surface area contributed by atoms with E-state index in [9.17, 15) is 14.4 Å². The lowest BCUT2D eigenvalue weighted by molar-refractivity contribution is -0.121. The lowest BCUT2D eigenvalue weighted by Gasteiger charge is -2.00. The summed E-state index contributed by atoms with van der Waals surface area (Å²) in [5.41, 5.74) is 1.37. The summed E-state index contributed by atoms with van der Waals surface area (Å²) < 4.78 is 0. The Kier molecular flexibility index (Phi) is 53.2. The molecule has 0 saturated heterocycles. The van der Waals surface area contributed by atoms with E-state index in [-0.39, 0.29) is 17.5 Å². The van der Waals surface area contributed by atoms with Crippen LogP contribution in [0.4, 0.5) is 0 Å². The molecule has 1 N–H and O–H groups in total. The molecule has 0 aliphatic carbocycles. The fraction of sp³-hybridized carbons (Fsp3) is 0.514. The highest BCUT2D eigenvalue weighted by molar-refractivity contribution is 5.98. The van der Waals surface area contributed by atoms with Crippen molar-refractivity contribution in [2.24, 2.45) is 5.92 Å². The summed E-state index contributed by atoms with van der Waals surface area (Å²) in [6, 6.07) is 0.648. The summed E-state index contributed by atoms with van der Waals surface area (Å²) in [4.78, 5) is 32.5. The minimum Gasteiger partial charge on any atom is -0.315 e. The quantitative estimate of drug-likeness (QED) is 0.196. The monoisotopic (exact) mass is 545 g/mol. The van der Waals surface area contributed by atoms with Crippen molar-refractivity contribution in [2.45, 2.75) is 109 Å². The summed E-state index contributed by atoms with van der Waals surface area (Å²) in [5, 5.41) is 3.21. The second kappa shape index (κ2) is 42.2. The first kappa shape index (κ1) is 49.1. The average Bonchev–Trinajstić information content (AvgIpc) is 2.93. The zero-order chi connectivity index (χ0) is 32.2. The van der Waals surface area contributed by atoms with Crippen LogP contribution in [0.5, 0.6) is 0 Å². The molecule has 39 heavy (non-hydrogen) atoms. The number of allylic oxidation sites excluding steroid dienone is 11. The van der Waals surface area contributed by atoms with Gasteiger partial charge in [-0.15, -0.1) is 0 Å². The molecule has 4 heteroatoms. The van der Waals surface area contributed by atoms with Gasteiger partial charge in [-0.3, -0.25) is 14.4 Å².